The molecule has 1 saturated heterocycles. The van der Waals surface area contributed by atoms with Crippen LogP contribution in [0.15, 0.2) is 12.3 Å². The molecule has 3 N–H and O–H groups in total. The van der Waals surface area contributed by atoms with Crippen molar-refractivity contribution < 1.29 is 23.1 Å². The van der Waals surface area contributed by atoms with Gasteiger partial charge in [-0.15, -0.1) is 0 Å². The normalized spacial score (nSPS) is 19.8. The van der Waals surface area contributed by atoms with Gasteiger partial charge in [0, 0.05) is 24.4 Å². The third kappa shape index (κ3) is 4.74. The van der Waals surface area contributed by atoms with E-state index in [-0.39, 0.29) is 0 Å². The fourth-order valence-corrected chi connectivity index (χ4v) is 1.61. The molecule has 102 valence electrons. The Kier molecular flexibility index (Phi) is 5.14. The molecule has 0 bridgehead atoms. The van der Waals surface area contributed by atoms with Crippen LogP contribution < -0.4 is 5.32 Å². The third-order valence-electron chi connectivity index (χ3n) is 2.50. The Hall–Kier alpha value is -1.57. The molecule has 1 aromatic heterocycles. The summed E-state index contributed by atoms with van der Waals surface area (Å²) < 4.78 is 31.7. The van der Waals surface area contributed by atoms with Crippen LogP contribution in [0, 0.1) is 0 Å². The molecule has 0 aliphatic carbocycles. The van der Waals surface area contributed by atoms with Gasteiger partial charge in [-0.3, -0.25) is 5.10 Å². The number of aromatic amines is 1. The number of aromatic nitrogens is 2. The number of halogens is 3. The van der Waals surface area contributed by atoms with Crippen LogP contribution in [0.1, 0.15) is 24.5 Å². The fraction of sp³-hybridized carbons (Fsp3) is 0.600. The topological polar surface area (TPSA) is 78.0 Å². The van der Waals surface area contributed by atoms with Crippen LogP contribution in [0.3, 0.4) is 0 Å². The first kappa shape index (κ1) is 14.5. The second kappa shape index (κ2) is 6.39. The van der Waals surface area contributed by atoms with Gasteiger partial charge in [0.05, 0.1) is 0 Å². The van der Waals surface area contributed by atoms with E-state index in [1.165, 1.54) is 25.1 Å². The number of hydrogen-bond acceptors (Lipinski definition) is 3. The smallest absolute Gasteiger partial charge is 0.475 e. The number of carboxylic acid groups (broad SMARTS) is 1. The number of alkyl halides is 3. The lowest BCUT2D eigenvalue weighted by molar-refractivity contribution is -0.192. The standard InChI is InChI=1S/C8H13N3.C2HF3O2/c1-2-7(6-9-4-1)8-3-5-10-11-8;3-2(4,5)1(6)7/h3,5,7,9H,1-2,4,6H2,(H,10,11);(H,6,7). The maximum Gasteiger partial charge on any atom is 0.490 e. The number of carboxylic acids is 1. The molecule has 8 heteroatoms. The van der Waals surface area contributed by atoms with Crippen molar-refractivity contribution >= 4 is 5.97 Å². The SMILES string of the molecule is O=C(O)C(F)(F)F.c1cc(C2CCCNC2)[nH]n1. The zero-order valence-electron chi connectivity index (χ0n) is 9.50. The number of nitrogens with zero attached hydrogens (tertiary/aromatic N) is 1. The number of H-pyrrole nitrogens is 1. The third-order valence-corrected chi connectivity index (χ3v) is 2.50. The minimum atomic E-state index is -5.08. The lowest BCUT2D eigenvalue weighted by Crippen LogP contribution is -2.28. The van der Waals surface area contributed by atoms with Crippen LogP contribution in [0.5, 0.6) is 0 Å². The van der Waals surface area contributed by atoms with Gasteiger partial charge in [0.25, 0.3) is 0 Å². The van der Waals surface area contributed by atoms with Crippen LogP contribution in [0.4, 0.5) is 13.2 Å². The summed E-state index contributed by atoms with van der Waals surface area (Å²) >= 11 is 0. The molecule has 1 aliphatic rings. The summed E-state index contributed by atoms with van der Waals surface area (Å²) in [7, 11) is 0. The van der Waals surface area contributed by atoms with Gasteiger partial charge in [0.15, 0.2) is 0 Å². The first-order valence-electron chi connectivity index (χ1n) is 5.41. The van der Waals surface area contributed by atoms with Gasteiger partial charge >= 0.3 is 12.1 Å². The van der Waals surface area contributed by atoms with Crippen LogP contribution >= 0.6 is 0 Å². The van der Waals surface area contributed by atoms with Crippen molar-refractivity contribution in [3.05, 3.63) is 18.0 Å². The van der Waals surface area contributed by atoms with Crippen LogP contribution in [0.2, 0.25) is 0 Å². The van der Waals surface area contributed by atoms with Gasteiger partial charge < -0.3 is 10.4 Å². The number of hydrogen-bond donors (Lipinski definition) is 3. The molecule has 1 unspecified atom stereocenters. The Labute approximate surface area is 101 Å². The van der Waals surface area contributed by atoms with Crippen molar-refractivity contribution in [1.29, 1.82) is 0 Å². The van der Waals surface area contributed by atoms with Crippen LogP contribution in [-0.4, -0.2) is 40.5 Å². The predicted octanol–water partition coefficient (Wildman–Crippen LogP) is 1.51. The molecule has 1 atom stereocenters. The lowest BCUT2D eigenvalue weighted by atomic mass is 9.97. The summed E-state index contributed by atoms with van der Waals surface area (Å²) in [6, 6.07) is 2.07. The molecular formula is C10H14F3N3O2. The van der Waals surface area contributed by atoms with Crippen molar-refractivity contribution in [3.63, 3.8) is 0 Å². The average Bonchev–Trinajstić information content (AvgIpc) is 2.83. The van der Waals surface area contributed by atoms with Gasteiger partial charge in [-0.1, -0.05) is 0 Å². The molecule has 1 fully saturated rings. The molecule has 5 nitrogen and oxygen atoms in total. The molecule has 2 heterocycles. The second-order valence-electron chi connectivity index (χ2n) is 3.86. The Morgan fingerprint density at radius 2 is 2.17 bits per heavy atom. The minimum absolute atomic E-state index is 0.659. The average molecular weight is 265 g/mol. The number of nitrogens with one attached hydrogen (secondary N) is 2. The van der Waals surface area contributed by atoms with Crippen molar-refractivity contribution in [3.8, 4) is 0 Å². The van der Waals surface area contributed by atoms with E-state index < -0.39 is 12.1 Å². The quantitative estimate of drug-likeness (QED) is 0.719. The van der Waals surface area contributed by atoms with E-state index in [2.05, 4.69) is 21.6 Å². The number of piperidine rings is 1. The highest BCUT2D eigenvalue weighted by Gasteiger charge is 2.38. The van der Waals surface area contributed by atoms with Crippen LogP contribution in [-0.2, 0) is 4.79 Å². The number of aliphatic carboxylic acids is 1. The lowest BCUT2D eigenvalue weighted by Gasteiger charge is -2.20. The summed E-state index contributed by atoms with van der Waals surface area (Å²) in [5.41, 5.74) is 1.28. The highest BCUT2D eigenvalue weighted by Crippen LogP contribution is 2.20. The van der Waals surface area contributed by atoms with Gasteiger partial charge in [-0.05, 0) is 25.5 Å². The highest BCUT2D eigenvalue weighted by atomic mass is 19.4. The van der Waals surface area contributed by atoms with Gasteiger partial charge in [-0.2, -0.15) is 18.3 Å². The zero-order valence-corrected chi connectivity index (χ0v) is 9.50. The zero-order chi connectivity index (χ0) is 13.6. The minimum Gasteiger partial charge on any atom is -0.475 e. The van der Waals surface area contributed by atoms with E-state index in [0.29, 0.717) is 5.92 Å². The molecule has 1 aromatic rings. The Morgan fingerprint density at radius 1 is 1.50 bits per heavy atom. The van der Waals surface area contributed by atoms with Crippen molar-refractivity contribution in [2.24, 2.45) is 0 Å². The van der Waals surface area contributed by atoms with Gasteiger partial charge in [0.1, 0.15) is 0 Å². The second-order valence-corrected chi connectivity index (χ2v) is 3.86. The molecular weight excluding hydrogens is 251 g/mol. The molecule has 0 amide bonds. The van der Waals surface area contributed by atoms with E-state index in [1.54, 1.807) is 0 Å². The monoisotopic (exact) mass is 265 g/mol. The van der Waals surface area contributed by atoms with Gasteiger partial charge in [0.2, 0.25) is 0 Å². The maximum absolute atomic E-state index is 10.6. The van der Waals surface area contributed by atoms with Gasteiger partial charge in [-0.25, -0.2) is 4.79 Å². The molecule has 0 saturated carbocycles. The molecule has 1 aliphatic heterocycles. The maximum atomic E-state index is 10.6. The largest absolute Gasteiger partial charge is 0.490 e. The van der Waals surface area contributed by atoms with E-state index in [4.69, 9.17) is 9.90 Å². The summed E-state index contributed by atoms with van der Waals surface area (Å²) in [6.07, 6.45) is -0.692. The predicted molar refractivity (Wildman–Crippen MR) is 57.1 cm³/mol. The highest BCUT2D eigenvalue weighted by molar-refractivity contribution is 5.73. The van der Waals surface area contributed by atoms with E-state index >= 15 is 0 Å². The van der Waals surface area contributed by atoms with E-state index in [0.717, 1.165) is 6.54 Å². The van der Waals surface area contributed by atoms with Crippen LogP contribution in [0.25, 0.3) is 0 Å². The number of carbonyl (C=O) groups is 1. The van der Waals surface area contributed by atoms with E-state index in [1.807, 2.05) is 6.20 Å². The summed E-state index contributed by atoms with van der Waals surface area (Å²) in [6.45, 7) is 2.27. The fourth-order valence-electron chi connectivity index (χ4n) is 1.61. The van der Waals surface area contributed by atoms with Crippen molar-refractivity contribution in [2.75, 3.05) is 13.1 Å². The number of rotatable bonds is 1. The summed E-state index contributed by atoms with van der Waals surface area (Å²) in [5, 5.41) is 17.5. The summed E-state index contributed by atoms with van der Waals surface area (Å²) in [5.74, 6) is -2.10. The Morgan fingerprint density at radius 3 is 2.56 bits per heavy atom. The first-order chi connectivity index (χ1) is 8.41. The molecule has 0 radical (unpaired) electrons. The molecule has 2 rings (SSSR count). The van der Waals surface area contributed by atoms with E-state index in [9.17, 15) is 13.2 Å². The molecule has 0 aromatic carbocycles. The molecule has 0 spiro atoms. The summed E-state index contributed by atoms with van der Waals surface area (Å²) in [4.78, 5) is 8.90. The van der Waals surface area contributed by atoms with Crippen molar-refractivity contribution in [1.82, 2.24) is 15.5 Å². The molecule has 18 heavy (non-hydrogen) atoms. The van der Waals surface area contributed by atoms with Crippen molar-refractivity contribution in [2.45, 2.75) is 24.9 Å². The first-order valence-corrected chi connectivity index (χ1v) is 5.41. The Balaban J connectivity index is 0.000000203. The Bertz CT molecular complexity index is 359.